The summed E-state index contributed by atoms with van der Waals surface area (Å²) >= 11 is 1.60. The van der Waals surface area contributed by atoms with Crippen LogP contribution < -0.4 is 5.32 Å². The van der Waals surface area contributed by atoms with Crippen molar-refractivity contribution in [2.45, 2.75) is 6.54 Å². The molecule has 0 fully saturated rings. The van der Waals surface area contributed by atoms with Gasteiger partial charge in [-0.25, -0.2) is 9.97 Å². The number of nitrogens with zero attached hydrogens (tertiary/aromatic N) is 2. The average Bonchev–Trinajstić information content (AvgIpc) is 3.10. The van der Waals surface area contributed by atoms with Gasteiger partial charge < -0.3 is 10.3 Å². The monoisotopic (exact) mass is 256 g/mol. The molecule has 0 unspecified atom stereocenters. The first kappa shape index (κ1) is 11.0. The molecule has 90 valence electrons. The Morgan fingerprint density at radius 1 is 1.22 bits per heavy atom. The second-order valence-electron chi connectivity index (χ2n) is 3.83. The first-order valence-electron chi connectivity index (χ1n) is 5.62. The predicted octanol–water partition coefficient (Wildman–Crippen LogP) is 3.15. The highest BCUT2D eigenvalue weighted by molar-refractivity contribution is 7.07. The minimum Gasteiger partial charge on any atom is -0.379 e. The first-order chi connectivity index (χ1) is 8.93. The summed E-state index contributed by atoms with van der Waals surface area (Å²) in [7, 11) is 0. The third-order valence-corrected chi connectivity index (χ3v) is 3.24. The molecule has 0 atom stereocenters. The molecule has 0 aliphatic heterocycles. The zero-order valence-corrected chi connectivity index (χ0v) is 10.4. The molecule has 0 aliphatic carbocycles. The maximum absolute atomic E-state index is 4.35. The summed E-state index contributed by atoms with van der Waals surface area (Å²) in [5.74, 6) is 0. The molecule has 18 heavy (non-hydrogen) atoms. The molecule has 0 aliphatic rings. The molecule has 1 aromatic carbocycles. The maximum Gasteiger partial charge on any atom is 0.0923 e. The Balaban J connectivity index is 1.84. The van der Waals surface area contributed by atoms with Crippen molar-refractivity contribution in [1.29, 1.82) is 0 Å². The Morgan fingerprint density at radius 3 is 2.94 bits per heavy atom. The molecule has 0 radical (unpaired) electrons. The fourth-order valence-electron chi connectivity index (χ4n) is 1.78. The van der Waals surface area contributed by atoms with Crippen molar-refractivity contribution in [3.05, 3.63) is 53.4 Å². The smallest absolute Gasteiger partial charge is 0.0923 e. The minimum atomic E-state index is 0.699. The van der Waals surface area contributed by atoms with Crippen molar-refractivity contribution in [2.75, 3.05) is 5.32 Å². The third kappa shape index (κ3) is 2.26. The highest BCUT2D eigenvalue weighted by Crippen LogP contribution is 2.27. The number of nitrogens with one attached hydrogen (secondary N) is 2. The number of rotatable bonds is 4. The van der Waals surface area contributed by atoms with Crippen molar-refractivity contribution in [2.24, 2.45) is 0 Å². The van der Waals surface area contributed by atoms with Crippen molar-refractivity contribution in [3.63, 3.8) is 0 Å². The van der Waals surface area contributed by atoms with E-state index in [2.05, 4.69) is 37.8 Å². The van der Waals surface area contributed by atoms with Crippen LogP contribution in [0.15, 0.2) is 47.7 Å². The summed E-state index contributed by atoms with van der Waals surface area (Å²) < 4.78 is 0. The van der Waals surface area contributed by atoms with E-state index in [1.54, 1.807) is 17.7 Å². The number of para-hydroxylation sites is 1. The number of hydrogen-bond acceptors (Lipinski definition) is 4. The van der Waals surface area contributed by atoms with Crippen molar-refractivity contribution >= 4 is 17.0 Å². The van der Waals surface area contributed by atoms with E-state index in [1.165, 1.54) is 0 Å². The highest BCUT2D eigenvalue weighted by atomic mass is 32.1. The van der Waals surface area contributed by atoms with Gasteiger partial charge in [-0.05, 0) is 6.07 Å². The minimum absolute atomic E-state index is 0.699. The van der Waals surface area contributed by atoms with Crippen LogP contribution in [0.5, 0.6) is 0 Å². The normalized spacial score (nSPS) is 10.4. The molecule has 0 saturated heterocycles. The molecule has 2 aromatic heterocycles. The third-order valence-electron chi connectivity index (χ3n) is 2.65. The number of aromatic amines is 1. The number of thiazole rings is 1. The molecular weight excluding hydrogens is 244 g/mol. The van der Waals surface area contributed by atoms with Gasteiger partial charge >= 0.3 is 0 Å². The molecule has 3 aromatic rings. The van der Waals surface area contributed by atoms with Crippen LogP contribution in [0.1, 0.15) is 5.69 Å². The molecule has 5 heteroatoms. The van der Waals surface area contributed by atoms with Crippen LogP contribution in [0.25, 0.3) is 11.3 Å². The Bertz CT molecular complexity index is 602. The number of H-pyrrole nitrogens is 1. The van der Waals surface area contributed by atoms with Crippen LogP contribution in [0.2, 0.25) is 0 Å². The topological polar surface area (TPSA) is 53.6 Å². The lowest BCUT2D eigenvalue weighted by Crippen LogP contribution is -2.01. The van der Waals surface area contributed by atoms with E-state index in [0.717, 1.165) is 22.6 Å². The summed E-state index contributed by atoms with van der Waals surface area (Å²) in [5, 5.41) is 5.44. The van der Waals surface area contributed by atoms with E-state index in [9.17, 15) is 0 Å². The van der Waals surface area contributed by atoms with Gasteiger partial charge in [-0.2, -0.15) is 0 Å². The van der Waals surface area contributed by atoms with Crippen LogP contribution in [-0.4, -0.2) is 15.0 Å². The second kappa shape index (κ2) is 5.01. The largest absolute Gasteiger partial charge is 0.379 e. The number of anilines is 1. The van der Waals surface area contributed by atoms with Crippen molar-refractivity contribution in [3.8, 4) is 11.3 Å². The number of aromatic nitrogens is 3. The van der Waals surface area contributed by atoms with E-state index in [1.807, 2.05) is 23.8 Å². The Morgan fingerprint density at radius 2 is 2.17 bits per heavy atom. The van der Waals surface area contributed by atoms with Gasteiger partial charge in [0.25, 0.3) is 0 Å². The summed E-state index contributed by atoms with van der Waals surface area (Å²) in [6.07, 6.45) is 3.57. The molecule has 2 heterocycles. The lowest BCUT2D eigenvalue weighted by Gasteiger charge is -2.09. The van der Waals surface area contributed by atoms with Gasteiger partial charge in [-0.15, -0.1) is 11.3 Å². The standard InChI is InChI=1S/C13H12N4S/c1-2-4-12(15-6-10-5-14-8-16-10)11(3-1)13-7-18-9-17-13/h1-5,7-9,15H,6H2,(H,14,16). The highest BCUT2D eigenvalue weighted by Gasteiger charge is 2.06. The average molecular weight is 256 g/mol. The zero-order valence-electron chi connectivity index (χ0n) is 9.63. The van der Waals surface area contributed by atoms with Crippen molar-refractivity contribution in [1.82, 2.24) is 15.0 Å². The van der Waals surface area contributed by atoms with E-state index < -0.39 is 0 Å². The van der Waals surface area contributed by atoms with Gasteiger partial charge in [0, 0.05) is 22.8 Å². The van der Waals surface area contributed by atoms with E-state index in [-0.39, 0.29) is 0 Å². The molecule has 4 nitrogen and oxygen atoms in total. The lowest BCUT2D eigenvalue weighted by atomic mass is 10.1. The van der Waals surface area contributed by atoms with Gasteiger partial charge in [-0.1, -0.05) is 18.2 Å². The van der Waals surface area contributed by atoms with Crippen LogP contribution in [0.3, 0.4) is 0 Å². The predicted molar refractivity (Wildman–Crippen MR) is 73.5 cm³/mol. The fourth-order valence-corrected chi connectivity index (χ4v) is 2.33. The molecule has 0 saturated carbocycles. The van der Waals surface area contributed by atoms with E-state index in [4.69, 9.17) is 0 Å². The van der Waals surface area contributed by atoms with Crippen LogP contribution in [0.4, 0.5) is 5.69 Å². The van der Waals surface area contributed by atoms with E-state index in [0.29, 0.717) is 6.54 Å². The zero-order chi connectivity index (χ0) is 12.2. The molecule has 3 rings (SSSR count). The van der Waals surface area contributed by atoms with Crippen LogP contribution in [-0.2, 0) is 6.54 Å². The maximum atomic E-state index is 4.35. The molecular formula is C13H12N4S. The second-order valence-corrected chi connectivity index (χ2v) is 4.55. The van der Waals surface area contributed by atoms with E-state index >= 15 is 0 Å². The van der Waals surface area contributed by atoms with Crippen LogP contribution in [0, 0.1) is 0 Å². The van der Waals surface area contributed by atoms with Gasteiger partial charge in [-0.3, -0.25) is 0 Å². The number of hydrogen-bond donors (Lipinski definition) is 2. The molecule has 0 spiro atoms. The SMILES string of the molecule is c1ccc(-c2cscn2)c(NCc2c[nH]cn2)c1. The first-order valence-corrected chi connectivity index (χ1v) is 6.57. The van der Waals surface area contributed by atoms with Crippen LogP contribution >= 0.6 is 11.3 Å². The van der Waals surface area contributed by atoms with Crippen molar-refractivity contribution < 1.29 is 0 Å². The number of benzene rings is 1. The van der Waals surface area contributed by atoms with Gasteiger partial charge in [0.1, 0.15) is 0 Å². The molecule has 0 bridgehead atoms. The Hall–Kier alpha value is -2.14. The summed E-state index contributed by atoms with van der Waals surface area (Å²) in [6, 6.07) is 8.17. The quantitative estimate of drug-likeness (QED) is 0.754. The van der Waals surface area contributed by atoms with Gasteiger partial charge in [0.05, 0.1) is 29.8 Å². The number of imidazole rings is 1. The molecule has 0 amide bonds. The fraction of sp³-hybridized carbons (Fsp3) is 0.0769. The summed E-state index contributed by atoms with van der Waals surface area (Å²) in [4.78, 5) is 11.5. The van der Waals surface area contributed by atoms with Gasteiger partial charge in [0.2, 0.25) is 0 Å². The summed E-state index contributed by atoms with van der Waals surface area (Å²) in [5.41, 5.74) is 6.04. The molecule has 2 N–H and O–H groups in total. The lowest BCUT2D eigenvalue weighted by molar-refractivity contribution is 1.07. The van der Waals surface area contributed by atoms with Gasteiger partial charge in [0.15, 0.2) is 0 Å². The Kier molecular flexibility index (Phi) is 3.06. The summed E-state index contributed by atoms with van der Waals surface area (Å²) in [6.45, 7) is 0.699. The Labute approximate surface area is 109 Å².